The van der Waals surface area contributed by atoms with Crippen LogP contribution in [0.25, 0.3) is 0 Å². The second-order valence-corrected chi connectivity index (χ2v) is 7.07. The molecule has 4 nitrogen and oxygen atoms in total. The molecular formula is C20H25NO3. The van der Waals surface area contributed by atoms with E-state index in [1.807, 2.05) is 30.3 Å². The molecule has 1 N–H and O–H groups in total. The van der Waals surface area contributed by atoms with Gasteiger partial charge in [0.1, 0.15) is 0 Å². The lowest BCUT2D eigenvalue weighted by atomic mass is 9.79. The Kier molecular flexibility index (Phi) is 5.34. The molecule has 1 aromatic carbocycles. The highest BCUT2D eigenvalue weighted by atomic mass is 16.4. The first kappa shape index (κ1) is 16.7. The lowest BCUT2D eigenvalue weighted by molar-refractivity contribution is -0.139. The Morgan fingerprint density at radius 1 is 1.17 bits per heavy atom. The molecule has 2 bridgehead atoms. The maximum atomic E-state index is 12.8. The van der Waals surface area contributed by atoms with Crippen LogP contribution >= 0.6 is 0 Å². The molecule has 0 aromatic heterocycles. The molecule has 4 rings (SSSR count). The van der Waals surface area contributed by atoms with E-state index in [1.54, 1.807) is 6.08 Å². The summed E-state index contributed by atoms with van der Waals surface area (Å²) in [6.07, 6.45) is 8.69. The van der Waals surface area contributed by atoms with Crippen LogP contribution in [0.15, 0.2) is 42.5 Å². The Morgan fingerprint density at radius 3 is 2.46 bits per heavy atom. The number of hydrogen-bond donors (Lipinski definition) is 1. The lowest BCUT2D eigenvalue weighted by Crippen LogP contribution is -2.51. The zero-order valence-electron chi connectivity index (χ0n) is 13.9. The maximum absolute atomic E-state index is 12.8. The molecule has 0 radical (unpaired) electrons. The number of carboxylic acids is 1. The van der Waals surface area contributed by atoms with Gasteiger partial charge in [-0.15, -0.1) is 0 Å². The molecule has 3 aliphatic rings. The van der Waals surface area contributed by atoms with Gasteiger partial charge in [0.25, 0.3) is 0 Å². The van der Waals surface area contributed by atoms with Crippen molar-refractivity contribution in [2.75, 3.05) is 6.54 Å². The summed E-state index contributed by atoms with van der Waals surface area (Å²) in [7, 11) is 0. The molecule has 1 saturated carbocycles. The van der Waals surface area contributed by atoms with E-state index in [0.717, 1.165) is 24.9 Å². The molecule has 128 valence electrons. The van der Waals surface area contributed by atoms with Gasteiger partial charge in [-0.2, -0.15) is 0 Å². The second-order valence-electron chi connectivity index (χ2n) is 7.07. The van der Waals surface area contributed by atoms with Gasteiger partial charge in [-0.3, -0.25) is 4.79 Å². The third-order valence-corrected chi connectivity index (χ3v) is 5.32. The summed E-state index contributed by atoms with van der Waals surface area (Å²) < 4.78 is 0. The monoisotopic (exact) mass is 327 g/mol. The van der Waals surface area contributed by atoms with Crippen molar-refractivity contribution in [2.24, 2.45) is 11.8 Å². The summed E-state index contributed by atoms with van der Waals surface area (Å²) in [5, 5.41) is 8.92. The van der Waals surface area contributed by atoms with Gasteiger partial charge in [0.05, 0.1) is 0 Å². The van der Waals surface area contributed by atoms with Gasteiger partial charge >= 0.3 is 5.97 Å². The van der Waals surface area contributed by atoms with Gasteiger partial charge in [-0.05, 0) is 49.5 Å². The van der Waals surface area contributed by atoms with Crippen LogP contribution < -0.4 is 0 Å². The molecule has 1 aliphatic carbocycles. The van der Waals surface area contributed by atoms with Crippen LogP contribution in [0.5, 0.6) is 0 Å². The smallest absolute Gasteiger partial charge is 0.327 e. The van der Waals surface area contributed by atoms with Crippen LogP contribution in [0.2, 0.25) is 0 Å². The SMILES string of the molecule is O=C(O)/C=C/[C@H](CC(=O)N1CC2CCC1CC2)Cc1ccccc1. The van der Waals surface area contributed by atoms with E-state index < -0.39 is 5.97 Å². The summed E-state index contributed by atoms with van der Waals surface area (Å²) in [5.74, 6) is -0.185. The summed E-state index contributed by atoms with van der Waals surface area (Å²) in [6.45, 7) is 0.893. The second kappa shape index (κ2) is 7.65. The number of amides is 1. The Hall–Kier alpha value is -2.10. The number of hydrogen-bond acceptors (Lipinski definition) is 2. The Morgan fingerprint density at radius 2 is 1.88 bits per heavy atom. The first-order chi connectivity index (χ1) is 11.6. The molecule has 1 amide bonds. The largest absolute Gasteiger partial charge is 0.478 e. The molecule has 0 spiro atoms. The van der Waals surface area contributed by atoms with Gasteiger partial charge in [0.2, 0.25) is 5.91 Å². The number of carbonyl (C=O) groups is 2. The summed E-state index contributed by atoms with van der Waals surface area (Å²) in [4.78, 5) is 25.7. The van der Waals surface area contributed by atoms with Crippen molar-refractivity contribution in [3.05, 3.63) is 48.0 Å². The number of carbonyl (C=O) groups excluding carboxylic acids is 1. The number of carboxylic acid groups (broad SMARTS) is 1. The van der Waals surface area contributed by atoms with Crippen molar-refractivity contribution in [3.8, 4) is 0 Å². The van der Waals surface area contributed by atoms with Gasteiger partial charge in [-0.25, -0.2) is 4.79 Å². The van der Waals surface area contributed by atoms with Crippen LogP contribution in [-0.2, 0) is 16.0 Å². The molecule has 1 atom stereocenters. The van der Waals surface area contributed by atoms with Gasteiger partial charge < -0.3 is 10.0 Å². The van der Waals surface area contributed by atoms with E-state index >= 15 is 0 Å². The van der Waals surface area contributed by atoms with Crippen molar-refractivity contribution < 1.29 is 14.7 Å². The normalized spacial score (nSPS) is 24.2. The van der Waals surface area contributed by atoms with Crippen LogP contribution in [0, 0.1) is 11.8 Å². The van der Waals surface area contributed by atoms with Crippen LogP contribution in [0.3, 0.4) is 0 Å². The minimum atomic E-state index is -0.961. The Bertz CT molecular complexity index is 603. The van der Waals surface area contributed by atoms with Crippen molar-refractivity contribution in [1.29, 1.82) is 0 Å². The predicted molar refractivity (Wildman–Crippen MR) is 92.5 cm³/mol. The number of aliphatic carboxylic acids is 1. The number of piperidine rings is 2. The minimum Gasteiger partial charge on any atom is -0.478 e. The van der Waals surface area contributed by atoms with Crippen LogP contribution in [-0.4, -0.2) is 34.5 Å². The molecule has 4 heteroatoms. The fraction of sp³-hybridized carbons (Fsp3) is 0.500. The lowest BCUT2D eigenvalue weighted by Gasteiger charge is -2.45. The van der Waals surface area contributed by atoms with Crippen molar-refractivity contribution >= 4 is 11.9 Å². The molecular weight excluding hydrogens is 302 g/mol. The number of nitrogens with zero attached hydrogens (tertiary/aromatic N) is 1. The molecule has 2 heterocycles. The molecule has 0 unspecified atom stereocenters. The van der Waals surface area contributed by atoms with E-state index in [-0.39, 0.29) is 11.8 Å². The van der Waals surface area contributed by atoms with E-state index in [4.69, 9.17) is 5.11 Å². The van der Waals surface area contributed by atoms with Gasteiger partial charge in [-0.1, -0.05) is 36.4 Å². The first-order valence-electron chi connectivity index (χ1n) is 8.86. The Labute approximate surface area is 143 Å². The third-order valence-electron chi connectivity index (χ3n) is 5.32. The highest BCUT2D eigenvalue weighted by Crippen LogP contribution is 2.35. The highest BCUT2D eigenvalue weighted by molar-refractivity contribution is 5.80. The quantitative estimate of drug-likeness (QED) is 0.816. The topological polar surface area (TPSA) is 57.6 Å². The molecule has 3 fully saturated rings. The zero-order valence-corrected chi connectivity index (χ0v) is 13.9. The van der Waals surface area contributed by atoms with Gasteiger partial charge in [0, 0.05) is 25.1 Å². The number of benzene rings is 1. The van der Waals surface area contributed by atoms with E-state index in [2.05, 4.69) is 4.90 Å². The third kappa shape index (κ3) is 4.25. The zero-order chi connectivity index (χ0) is 16.9. The molecule has 2 saturated heterocycles. The first-order valence-corrected chi connectivity index (χ1v) is 8.86. The van der Waals surface area contributed by atoms with E-state index in [0.29, 0.717) is 24.8 Å². The van der Waals surface area contributed by atoms with E-state index in [9.17, 15) is 9.59 Å². The van der Waals surface area contributed by atoms with Crippen LogP contribution in [0.4, 0.5) is 0 Å². The standard InChI is InChI=1S/C20H25NO3/c22-19(21-14-16-6-9-18(21)10-7-16)13-17(8-11-20(23)24)12-15-4-2-1-3-5-15/h1-5,8,11,16-18H,6-7,9-10,12-14H2,(H,23,24)/b11-8+/t16?,17-,18?/m0/s1. The van der Waals surface area contributed by atoms with Gasteiger partial charge in [0.15, 0.2) is 0 Å². The number of allylic oxidation sites excluding steroid dienone is 1. The summed E-state index contributed by atoms with van der Waals surface area (Å²) >= 11 is 0. The summed E-state index contributed by atoms with van der Waals surface area (Å²) in [6, 6.07) is 10.4. The Balaban J connectivity index is 1.66. The van der Waals surface area contributed by atoms with E-state index in [1.165, 1.54) is 18.9 Å². The molecule has 2 aliphatic heterocycles. The molecule has 24 heavy (non-hydrogen) atoms. The average molecular weight is 327 g/mol. The maximum Gasteiger partial charge on any atom is 0.327 e. The fourth-order valence-corrected chi connectivity index (χ4v) is 4.06. The number of rotatable bonds is 6. The number of fused-ring (bicyclic) bond motifs is 3. The highest BCUT2D eigenvalue weighted by Gasteiger charge is 2.36. The van der Waals surface area contributed by atoms with Crippen LogP contribution in [0.1, 0.15) is 37.7 Å². The fourth-order valence-electron chi connectivity index (χ4n) is 4.06. The minimum absolute atomic E-state index is 0.0727. The van der Waals surface area contributed by atoms with Crippen molar-refractivity contribution in [1.82, 2.24) is 4.90 Å². The van der Waals surface area contributed by atoms with Crippen molar-refractivity contribution in [2.45, 2.75) is 44.6 Å². The summed E-state index contributed by atoms with van der Waals surface area (Å²) in [5.41, 5.74) is 1.13. The molecule has 1 aromatic rings. The van der Waals surface area contributed by atoms with Crippen molar-refractivity contribution in [3.63, 3.8) is 0 Å². The predicted octanol–water partition coefficient (Wildman–Crippen LogP) is 3.28. The average Bonchev–Trinajstić information content (AvgIpc) is 2.61.